The third kappa shape index (κ3) is 6.00. The van der Waals surface area contributed by atoms with E-state index >= 15 is 0 Å². The van der Waals surface area contributed by atoms with Crippen LogP contribution in [0.4, 0.5) is 0 Å². The highest BCUT2D eigenvalue weighted by Gasteiger charge is 2.41. The van der Waals surface area contributed by atoms with E-state index in [-0.39, 0.29) is 30.2 Å². The first kappa shape index (κ1) is 26.1. The Bertz CT molecular complexity index is 1070. The van der Waals surface area contributed by atoms with Crippen LogP contribution >= 0.6 is 11.8 Å². The minimum atomic E-state index is -0.929. The monoisotopic (exact) mass is 526 g/mol. The van der Waals surface area contributed by atoms with Crippen LogP contribution in [0.15, 0.2) is 44.6 Å². The number of aromatic nitrogens is 1. The van der Waals surface area contributed by atoms with E-state index in [2.05, 4.69) is 17.4 Å². The summed E-state index contributed by atoms with van der Waals surface area (Å²) in [7, 11) is 0. The number of carbonyl (C=O) groups is 2. The van der Waals surface area contributed by atoms with Crippen molar-refractivity contribution < 1.29 is 24.0 Å². The Balaban J connectivity index is 1.33. The molecule has 5 rings (SSSR count). The molecular formula is C29H38N2O5S. The zero-order chi connectivity index (χ0) is 25.8. The van der Waals surface area contributed by atoms with E-state index in [1.165, 1.54) is 50.3 Å². The summed E-state index contributed by atoms with van der Waals surface area (Å²) >= 11 is 1.36. The molecule has 3 unspecified atom stereocenters. The quantitative estimate of drug-likeness (QED) is 0.381. The minimum absolute atomic E-state index is 0.0134. The predicted molar refractivity (Wildman–Crippen MR) is 141 cm³/mol. The molecule has 3 aliphatic carbocycles. The minimum Gasteiger partial charge on any atom is -0.481 e. The molecule has 200 valence electrons. The first-order valence-electron chi connectivity index (χ1n) is 13.8. The topological polar surface area (TPSA) is 102 Å². The maximum atomic E-state index is 13.4. The van der Waals surface area contributed by atoms with E-state index in [1.54, 1.807) is 0 Å². The Morgan fingerprint density at radius 1 is 1.11 bits per heavy atom. The molecule has 2 N–H and O–H groups in total. The van der Waals surface area contributed by atoms with Crippen molar-refractivity contribution in [2.75, 3.05) is 6.61 Å². The van der Waals surface area contributed by atoms with Crippen LogP contribution in [-0.2, 0) is 4.79 Å². The van der Waals surface area contributed by atoms with Crippen molar-refractivity contribution in [1.29, 1.82) is 0 Å². The molecule has 1 aromatic carbocycles. The van der Waals surface area contributed by atoms with Gasteiger partial charge in [0.25, 0.3) is 11.8 Å². The summed E-state index contributed by atoms with van der Waals surface area (Å²) < 4.78 is 11.6. The fraction of sp³-hybridized carbons (Fsp3) is 0.621. The fourth-order valence-electron chi connectivity index (χ4n) is 6.64. The molecule has 0 spiro atoms. The zero-order valence-corrected chi connectivity index (χ0v) is 22.4. The van der Waals surface area contributed by atoms with E-state index in [1.807, 2.05) is 30.3 Å². The molecule has 3 fully saturated rings. The highest BCUT2D eigenvalue weighted by atomic mass is 32.2. The van der Waals surface area contributed by atoms with Crippen molar-refractivity contribution in [3.8, 4) is 5.88 Å². The standard InChI is InChI=1S/C29H38N2O5S/c1-19(22-16-20-9-8-10-21(15-20)17-22)30-26(32)24-25(37-23-11-4-2-5-12-23)27(31-36-24)35-18-29(28(33)34)13-6-3-7-14-29/h2,4-5,11-12,19-22H,3,6-10,13-18H2,1H3,(H,30,32)(H,33,34). The molecule has 2 aromatic rings. The molecule has 0 radical (unpaired) electrons. The molecule has 0 aliphatic heterocycles. The summed E-state index contributed by atoms with van der Waals surface area (Å²) in [5, 5.41) is 17.2. The van der Waals surface area contributed by atoms with Crippen LogP contribution in [0.5, 0.6) is 5.88 Å². The SMILES string of the molecule is CC(NC(=O)c1onc(OCC2(C(=O)O)CCCCC2)c1Sc1ccccc1)C1CC2CCCC(C2)C1. The van der Waals surface area contributed by atoms with Crippen molar-refractivity contribution in [1.82, 2.24) is 10.5 Å². The van der Waals surface area contributed by atoms with Crippen LogP contribution in [0.3, 0.4) is 0 Å². The molecule has 37 heavy (non-hydrogen) atoms. The fourth-order valence-corrected chi connectivity index (χ4v) is 7.57. The maximum Gasteiger partial charge on any atom is 0.313 e. The van der Waals surface area contributed by atoms with Gasteiger partial charge in [-0.25, -0.2) is 0 Å². The summed E-state index contributed by atoms with van der Waals surface area (Å²) in [6.07, 6.45) is 11.6. The van der Waals surface area contributed by atoms with Gasteiger partial charge in [0.2, 0.25) is 5.76 Å². The largest absolute Gasteiger partial charge is 0.481 e. The van der Waals surface area contributed by atoms with Crippen molar-refractivity contribution in [2.24, 2.45) is 23.2 Å². The third-order valence-corrected chi connectivity index (χ3v) is 9.84. The molecule has 0 saturated heterocycles. The molecule has 1 heterocycles. The number of benzene rings is 1. The van der Waals surface area contributed by atoms with Crippen LogP contribution in [-0.4, -0.2) is 34.8 Å². The summed E-state index contributed by atoms with van der Waals surface area (Å²) in [4.78, 5) is 27.0. The van der Waals surface area contributed by atoms with Gasteiger partial charge in [0, 0.05) is 10.9 Å². The summed E-state index contributed by atoms with van der Waals surface area (Å²) in [5.74, 6) is 1.22. The smallest absolute Gasteiger partial charge is 0.313 e. The molecule has 1 amide bonds. The Morgan fingerprint density at radius 3 is 2.49 bits per heavy atom. The lowest BCUT2D eigenvalue weighted by molar-refractivity contribution is -0.153. The maximum absolute atomic E-state index is 13.4. The van der Waals surface area contributed by atoms with E-state index < -0.39 is 11.4 Å². The number of carboxylic acids is 1. The van der Waals surface area contributed by atoms with Crippen LogP contribution in [0.2, 0.25) is 0 Å². The van der Waals surface area contributed by atoms with Gasteiger partial charge in [0.05, 0.1) is 0 Å². The van der Waals surface area contributed by atoms with Gasteiger partial charge in [0.1, 0.15) is 16.9 Å². The molecule has 3 saturated carbocycles. The summed E-state index contributed by atoms with van der Waals surface area (Å²) in [5.41, 5.74) is -0.929. The van der Waals surface area contributed by atoms with E-state index in [0.29, 0.717) is 23.7 Å². The number of ether oxygens (including phenoxy) is 1. The highest BCUT2D eigenvalue weighted by Crippen LogP contribution is 2.44. The van der Waals surface area contributed by atoms with Crippen LogP contribution < -0.4 is 10.1 Å². The Hall–Kier alpha value is -2.48. The average Bonchev–Trinajstić information content (AvgIpc) is 3.30. The van der Waals surface area contributed by atoms with E-state index in [4.69, 9.17) is 9.26 Å². The first-order chi connectivity index (χ1) is 17.9. The Morgan fingerprint density at radius 2 is 1.81 bits per heavy atom. The lowest BCUT2D eigenvalue weighted by atomic mass is 9.66. The molecule has 3 atom stereocenters. The molecule has 7 nitrogen and oxygen atoms in total. The second-order valence-corrected chi connectivity index (χ2v) is 12.5. The van der Waals surface area contributed by atoms with E-state index in [0.717, 1.165) is 36.0 Å². The van der Waals surface area contributed by atoms with Gasteiger partial charge in [-0.2, -0.15) is 0 Å². The number of amides is 1. The first-order valence-corrected chi connectivity index (χ1v) is 14.6. The van der Waals surface area contributed by atoms with Gasteiger partial charge < -0.3 is 19.7 Å². The van der Waals surface area contributed by atoms with Gasteiger partial charge >= 0.3 is 5.97 Å². The number of fused-ring (bicyclic) bond motifs is 2. The molecular weight excluding hydrogens is 488 g/mol. The van der Waals surface area contributed by atoms with Crippen molar-refractivity contribution >= 4 is 23.6 Å². The number of nitrogens with one attached hydrogen (secondary N) is 1. The molecule has 3 aliphatic rings. The van der Waals surface area contributed by atoms with Gasteiger partial charge in [0.15, 0.2) is 0 Å². The number of carbonyl (C=O) groups excluding carboxylic acids is 1. The zero-order valence-electron chi connectivity index (χ0n) is 21.6. The number of aliphatic carboxylic acids is 1. The number of nitrogens with zero attached hydrogens (tertiary/aromatic N) is 1. The number of rotatable bonds is 9. The summed E-state index contributed by atoms with van der Waals surface area (Å²) in [6, 6.07) is 9.74. The van der Waals surface area contributed by atoms with E-state index in [9.17, 15) is 14.7 Å². The van der Waals surface area contributed by atoms with Crippen LogP contribution in [0.25, 0.3) is 0 Å². The predicted octanol–water partition coefficient (Wildman–Crippen LogP) is 6.57. The lowest BCUT2D eigenvalue weighted by Crippen LogP contribution is -2.42. The van der Waals surface area contributed by atoms with Gasteiger partial charge in [-0.1, -0.05) is 68.5 Å². The summed E-state index contributed by atoms with van der Waals surface area (Å²) in [6.45, 7) is 2.11. The average molecular weight is 527 g/mol. The van der Waals surface area contributed by atoms with Gasteiger partial charge in [-0.3, -0.25) is 9.59 Å². The second-order valence-electron chi connectivity index (χ2n) is 11.4. The molecule has 1 aromatic heterocycles. The van der Waals surface area contributed by atoms with Crippen molar-refractivity contribution in [2.45, 2.75) is 93.4 Å². The molecule has 2 bridgehead atoms. The van der Waals surface area contributed by atoms with Gasteiger partial charge in [-0.15, -0.1) is 0 Å². The number of hydrogen-bond donors (Lipinski definition) is 2. The second kappa shape index (κ2) is 11.5. The Kier molecular flexibility index (Phi) is 8.12. The molecule has 8 heteroatoms. The number of hydrogen-bond acceptors (Lipinski definition) is 6. The van der Waals surface area contributed by atoms with Crippen LogP contribution in [0, 0.1) is 23.2 Å². The van der Waals surface area contributed by atoms with Gasteiger partial charge in [-0.05, 0) is 74.1 Å². The van der Waals surface area contributed by atoms with Crippen molar-refractivity contribution in [3.63, 3.8) is 0 Å². The van der Waals surface area contributed by atoms with Crippen LogP contribution in [0.1, 0.15) is 88.1 Å². The highest BCUT2D eigenvalue weighted by molar-refractivity contribution is 7.99. The Labute approximate surface area is 223 Å². The van der Waals surface area contributed by atoms with Crippen molar-refractivity contribution in [3.05, 3.63) is 36.1 Å². The third-order valence-electron chi connectivity index (χ3n) is 8.77. The number of carboxylic acid groups (broad SMARTS) is 1. The lowest BCUT2D eigenvalue weighted by Gasteiger charge is -2.41. The normalized spacial score (nSPS) is 25.7.